The van der Waals surface area contributed by atoms with Gasteiger partial charge in [0.25, 0.3) is 5.91 Å². The van der Waals surface area contributed by atoms with Gasteiger partial charge in [-0.1, -0.05) is 60.5 Å². The summed E-state index contributed by atoms with van der Waals surface area (Å²) in [6, 6.07) is 16.5. The van der Waals surface area contributed by atoms with Crippen LogP contribution in [0.3, 0.4) is 0 Å². The summed E-state index contributed by atoms with van der Waals surface area (Å²) in [7, 11) is -1.07. The van der Waals surface area contributed by atoms with Crippen molar-refractivity contribution >= 4 is 39.9 Å². The summed E-state index contributed by atoms with van der Waals surface area (Å²) in [6.07, 6.45) is 1.15. The third-order valence-electron chi connectivity index (χ3n) is 5.82. The first-order valence-corrected chi connectivity index (χ1v) is 14.0. The quantitative estimate of drug-likeness (QED) is 0.441. The number of morpholine rings is 1. The van der Waals surface area contributed by atoms with Gasteiger partial charge in [0.15, 0.2) is 0 Å². The van der Waals surface area contributed by atoms with Crippen LogP contribution in [0, 0.1) is 0 Å². The van der Waals surface area contributed by atoms with Gasteiger partial charge in [-0.3, -0.25) is 9.00 Å². The van der Waals surface area contributed by atoms with Crippen LogP contribution < -0.4 is 0 Å². The second kappa shape index (κ2) is 14.3. The van der Waals surface area contributed by atoms with E-state index in [1.807, 2.05) is 87.2 Å². The topological polar surface area (TPSA) is 66.8 Å². The van der Waals surface area contributed by atoms with Crippen LogP contribution in [0.15, 0.2) is 54.6 Å². The van der Waals surface area contributed by atoms with E-state index in [0.29, 0.717) is 36.6 Å². The third-order valence-corrected chi connectivity index (χ3v) is 8.38. The Morgan fingerprint density at radius 2 is 1.69 bits per heavy atom. The van der Waals surface area contributed by atoms with E-state index < -0.39 is 16.9 Å². The molecule has 1 saturated heterocycles. The number of hydrogen-bond acceptors (Lipinski definition) is 4. The summed E-state index contributed by atoms with van der Waals surface area (Å²) < 4.78 is 18.4. The average molecular weight is 543 g/mol. The number of carbonyl (C=O) groups excluding carboxylic acids is 1. The number of rotatable bonds is 8. The highest BCUT2D eigenvalue weighted by Crippen LogP contribution is 2.33. The molecule has 4 unspecified atom stereocenters. The van der Waals surface area contributed by atoms with Crippen LogP contribution in [0.25, 0.3) is 0 Å². The molecular formula is C27H37Cl2NO4S. The van der Waals surface area contributed by atoms with E-state index >= 15 is 0 Å². The maximum atomic E-state index is 13.3. The Hall–Kier alpha value is -1.44. The minimum absolute atomic E-state index is 0.0268. The average Bonchev–Trinajstić information content (AvgIpc) is 2.82. The van der Waals surface area contributed by atoms with Crippen molar-refractivity contribution in [2.24, 2.45) is 0 Å². The number of benzene rings is 2. The van der Waals surface area contributed by atoms with Gasteiger partial charge in [0.05, 0.1) is 12.6 Å². The van der Waals surface area contributed by atoms with Crippen LogP contribution in [0.4, 0.5) is 0 Å². The molecule has 1 N–H and O–H groups in total. The molecule has 1 aliphatic rings. The van der Waals surface area contributed by atoms with Crippen LogP contribution in [0.1, 0.15) is 58.6 Å². The van der Waals surface area contributed by atoms with E-state index in [9.17, 15) is 9.00 Å². The minimum atomic E-state index is -1.07. The van der Waals surface area contributed by atoms with Gasteiger partial charge < -0.3 is 14.7 Å². The van der Waals surface area contributed by atoms with Crippen molar-refractivity contribution in [2.75, 3.05) is 19.0 Å². The summed E-state index contributed by atoms with van der Waals surface area (Å²) in [5.41, 5.74) is 0.957. The molecule has 1 amide bonds. The molecule has 0 bridgehead atoms. The standard InChI is InChI=1S/C21H32ClNO4S.C6H5Cl/c1-5-17(14-28(26)21(2,3)4)23-18(15-8-10-16(22)11-9-15)13-27-19(20(23)25)7-6-12-24;7-6-4-2-1-3-5-6/h8-11,17-19,24H,5-7,12-14H2,1-4H3;1-5H. The summed E-state index contributed by atoms with van der Waals surface area (Å²) in [5.74, 6) is 0.347. The van der Waals surface area contributed by atoms with Crippen LogP contribution in [-0.4, -0.2) is 56.0 Å². The Balaban J connectivity index is 0.000000527. The van der Waals surface area contributed by atoms with Gasteiger partial charge in [-0.25, -0.2) is 0 Å². The SMILES string of the molecule is CCC(CS(=O)C(C)(C)C)N1C(=O)C(CCCO)OCC1c1ccc(Cl)cc1.Clc1ccccc1. The van der Waals surface area contributed by atoms with Crippen molar-refractivity contribution in [3.05, 3.63) is 70.2 Å². The molecule has 0 spiro atoms. The molecule has 5 nitrogen and oxygen atoms in total. The molecule has 0 aliphatic carbocycles. The smallest absolute Gasteiger partial charge is 0.252 e. The highest BCUT2D eigenvalue weighted by molar-refractivity contribution is 7.86. The molecule has 35 heavy (non-hydrogen) atoms. The highest BCUT2D eigenvalue weighted by atomic mass is 35.5. The fourth-order valence-corrected chi connectivity index (χ4v) is 5.29. The Labute approximate surface area is 222 Å². The summed E-state index contributed by atoms with van der Waals surface area (Å²) >= 11 is 11.6. The van der Waals surface area contributed by atoms with E-state index in [0.717, 1.165) is 10.6 Å². The Morgan fingerprint density at radius 3 is 2.17 bits per heavy atom. The lowest BCUT2D eigenvalue weighted by atomic mass is 9.99. The zero-order valence-corrected chi connectivity index (χ0v) is 23.3. The fraction of sp³-hybridized carbons (Fsp3) is 0.519. The second-order valence-corrected chi connectivity index (χ2v) is 12.6. The van der Waals surface area contributed by atoms with Gasteiger partial charge in [0, 0.05) is 44.0 Å². The molecule has 1 fully saturated rings. The predicted molar refractivity (Wildman–Crippen MR) is 145 cm³/mol. The number of amides is 1. The minimum Gasteiger partial charge on any atom is -0.396 e. The van der Waals surface area contributed by atoms with Crippen molar-refractivity contribution in [2.45, 2.75) is 69.9 Å². The van der Waals surface area contributed by atoms with E-state index in [-0.39, 0.29) is 29.3 Å². The molecular weight excluding hydrogens is 505 g/mol. The zero-order valence-electron chi connectivity index (χ0n) is 21.0. The molecule has 2 aromatic rings. The van der Waals surface area contributed by atoms with Crippen molar-refractivity contribution < 1.29 is 18.8 Å². The number of aliphatic hydroxyl groups excluding tert-OH is 1. The van der Waals surface area contributed by atoms with Gasteiger partial charge in [-0.15, -0.1) is 0 Å². The molecule has 0 radical (unpaired) electrons. The van der Waals surface area contributed by atoms with Gasteiger partial charge in [0.2, 0.25) is 0 Å². The van der Waals surface area contributed by atoms with E-state index in [1.54, 1.807) is 0 Å². The van der Waals surface area contributed by atoms with Gasteiger partial charge >= 0.3 is 0 Å². The van der Waals surface area contributed by atoms with Crippen molar-refractivity contribution in [3.8, 4) is 0 Å². The van der Waals surface area contributed by atoms with Crippen molar-refractivity contribution in [3.63, 3.8) is 0 Å². The van der Waals surface area contributed by atoms with Crippen molar-refractivity contribution in [1.29, 1.82) is 0 Å². The first kappa shape index (κ1) is 29.8. The first-order chi connectivity index (χ1) is 16.6. The molecule has 1 heterocycles. The highest BCUT2D eigenvalue weighted by Gasteiger charge is 2.41. The van der Waals surface area contributed by atoms with Gasteiger partial charge in [0.1, 0.15) is 6.10 Å². The van der Waals surface area contributed by atoms with Crippen LogP contribution in [0.5, 0.6) is 0 Å². The van der Waals surface area contributed by atoms with Crippen LogP contribution in [-0.2, 0) is 20.3 Å². The molecule has 0 saturated carbocycles. The number of hydrogen-bond donors (Lipinski definition) is 1. The molecule has 1 aliphatic heterocycles. The molecule has 194 valence electrons. The Morgan fingerprint density at radius 1 is 1.09 bits per heavy atom. The van der Waals surface area contributed by atoms with E-state index in [2.05, 4.69) is 0 Å². The lowest BCUT2D eigenvalue weighted by Crippen LogP contribution is -2.55. The van der Waals surface area contributed by atoms with Crippen molar-refractivity contribution in [1.82, 2.24) is 4.90 Å². The summed E-state index contributed by atoms with van der Waals surface area (Å²) in [4.78, 5) is 15.2. The van der Waals surface area contributed by atoms with Crippen LogP contribution in [0.2, 0.25) is 10.0 Å². The normalized spacial score (nSPS) is 20.1. The predicted octanol–water partition coefficient (Wildman–Crippen LogP) is 6.05. The lowest BCUT2D eigenvalue weighted by Gasteiger charge is -2.44. The number of carbonyl (C=O) groups is 1. The second-order valence-electron chi connectivity index (χ2n) is 9.48. The number of aliphatic hydroxyl groups is 1. The van der Waals surface area contributed by atoms with Gasteiger partial charge in [-0.2, -0.15) is 0 Å². The molecule has 8 heteroatoms. The number of ether oxygens (including phenoxy) is 1. The summed E-state index contributed by atoms with van der Waals surface area (Å²) in [5, 5.41) is 10.6. The molecule has 0 aromatic heterocycles. The maximum Gasteiger partial charge on any atom is 0.252 e. The molecule has 3 rings (SSSR count). The summed E-state index contributed by atoms with van der Waals surface area (Å²) in [6.45, 7) is 8.29. The Kier molecular flexibility index (Phi) is 12.2. The largest absolute Gasteiger partial charge is 0.396 e. The molecule has 4 atom stereocenters. The number of nitrogens with zero attached hydrogens (tertiary/aromatic N) is 1. The van der Waals surface area contributed by atoms with Crippen LogP contribution >= 0.6 is 23.2 Å². The maximum absolute atomic E-state index is 13.3. The van der Waals surface area contributed by atoms with E-state index in [4.69, 9.17) is 33.0 Å². The zero-order chi connectivity index (χ0) is 26.0. The number of halogens is 2. The first-order valence-electron chi connectivity index (χ1n) is 12.0. The van der Waals surface area contributed by atoms with E-state index in [1.165, 1.54) is 0 Å². The van der Waals surface area contributed by atoms with Gasteiger partial charge in [-0.05, 0) is 69.9 Å². The molecule has 2 aromatic carbocycles. The third kappa shape index (κ3) is 9.18. The Bertz CT molecular complexity index is 934. The lowest BCUT2D eigenvalue weighted by molar-refractivity contribution is -0.164. The monoisotopic (exact) mass is 541 g/mol. The fourth-order valence-electron chi connectivity index (χ4n) is 3.77.